The molecule has 1 N–H and O–H groups in total. The van der Waals surface area contributed by atoms with E-state index in [-0.39, 0.29) is 11.9 Å². The van der Waals surface area contributed by atoms with Crippen molar-refractivity contribution in [3.8, 4) is 17.1 Å². The van der Waals surface area contributed by atoms with E-state index in [1.807, 2.05) is 0 Å². The largest absolute Gasteiger partial charge is 0.487 e. The van der Waals surface area contributed by atoms with E-state index in [1.165, 1.54) is 12.1 Å². The van der Waals surface area contributed by atoms with Crippen LogP contribution in [0.15, 0.2) is 36.7 Å². The summed E-state index contributed by atoms with van der Waals surface area (Å²) >= 11 is 0. The van der Waals surface area contributed by atoms with Gasteiger partial charge in [-0.3, -0.25) is 0 Å². The molecule has 4 nitrogen and oxygen atoms in total. The number of benzene rings is 1. The van der Waals surface area contributed by atoms with Crippen molar-refractivity contribution in [1.82, 2.24) is 15.3 Å². The van der Waals surface area contributed by atoms with Gasteiger partial charge in [-0.05, 0) is 38.1 Å². The smallest absolute Gasteiger partial charge is 0.159 e. The molecule has 20 heavy (non-hydrogen) atoms. The Morgan fingerprint density at radius 2 is 1.90 bits per heavy atom. The van der Waals surface area contributed by atoms with Crippen LogP contribution < -0.4 is 10.1 Å². The van der Waals surface area contributed by atoms with Crippen molar-refractivity contribution in [1.29, 1.82) is 0 Å². The molecule has 0 unspecified atom stereocenters. The zero-order valence-corrected chi connectivity index (χ0v) is 11.1. The molecule has 1 aliphatic rings. The van der Waals surface area contributed by atoms with E-state index >= 15 is 0 Å². The number of halogens is 1. The maximum Gasteiger partial charge on any atom is 0.159 e. The van der Waals surface area contributed by atoms with Gasteiger partial charge in [0, 0.05) is 5.56 Å². The van der Waals surface area contributed by atoms with Gasteiger partial charge in [-0.1, -0.05) is 12.1 Å². The van der Waals surface area contributed by atoms with E-state index in [0.717, 1.165) is 25.9 Å². The summed E-state index contributed by atoms with van der Waals surface area (Å²) in [5.41, 5.74) is 0.665. The topological polar surface area (TPSA) is 47.0 Å². The van der Waals surface area contributed by atoms with Crippen LogP contribution in [0.2, 0.25) is 0 Å². The van der Waals surface area contributed by atoms with Crippen LogP contribution in [0.3, 0.4) is 0 Å². The van der Waals surface area contributed by atoms with Gasteiger partial charge < -0.3 is 10.1 Å². The minimum absolute atomic E-state index is 0.222. The second-order valence-corrected chi connectivity index (χ2v) is 4.82. The van der Waals surface area contributed by atoms with Gasteiger partial charge in [-0.25, -0.2) is 14.4 Å². The zero-order valence-electron chi connectivity index (χ0n) is 11.1. The molecule has 2 heterocycles. The molecular weight excluding hydrogens is 257 g/mol. The molecule has 1 aromatic heterocycles. The standard InChI is InChI=1S/C15H16FN3O/c16-12-3-1-2-11(8-12)15-18-9-14(10-19-15)20-13-4-6-17-7-5-13/h1-3,8-10,13,17H,4-7H2. The first-order chi connectivity index (χ1) is 9.81. The normalized spacial score (nSPS) is 16.1. The van der Waals surface area contributed by atoms with Crippen LogP contribution >= 0.6 is 0 Å². The van der Waals surface area contributed by atoms with Crippen LogP contribution in [-0.2, 0) is 0 Å². The fourth-order valence-corrected chi connectivity index (χ4v) is 2.26. The van der Waals surface area contributed by atoms with E-state index in [2.05, 4.69) is 15.3 Å². The Balaban J connectivity index is 1.71. The number of nitrogens with one attached hydrogen (secondary N) is 1. The molecule has 0 atom stereocenters. The minimum Gasteiger partial charge on any atom is -0.487 e. The van der Waals surface area contributed by atoms with Gasteiger partial charge in [-0.2, -0.15) is 0 Å². The maximum absolute atomic E-state index is 13.2. The van der Waals surface area contributed by atoms with Gasteiger partial charge in [0.2, 0.25) is 0 Å². The molecule has 0 aliphatic carbocycles. The minimum atomic E-state index is -0.291. The third-order valence-corrected chi connectivity index (χ3v) is 3.30. The van der Waals surface area contributed by atoms with Crippen molar-refractivity contribution >= 4 is 0 Å². The van der Waals surface area contributed by atoms with E-state index in [1.54, 1.807) is 24.5 Å². The second-order valence-electron chi connectivity index (χ2n) is 4.82. The van der Waals surface area contributed by atoms with Gasteiger partial charge >= 0.3 is 0 Å². The van der Waals surface area contributed by atoms with Crippen molar-refractivity contribution in [2.24, 2.45) is 0 Å². The molecule has 0 spiro atoms. The molecule has 3 rings (SSSR count). The Morgan fingerprint density at radius 3 is 2.60 bits per heavy atom. The molecular formula is C15H16FN3O. The molecule has 104 valence electrons. The molecule has 5 heteroatoms. The van der Waals surface area contributed by atoms with Gasteiger partial charge in [-0.15, -0.1) is 0 Å². The number of aromatic nitrogens is 2. The van der Waals surface area contributed by atoms with E-state index < -0.39 is 0 Å². The predicted octanol–water partition coefficient (Wildman–Crippen LogP) is 2.41. The number of ether oxygens (including phenoxy) is 1. The monoisotopic (exact) mass is 273 g/mol. The number of hydrogen-bond acceptors (Lipinski definition) is 4. The maximum atomic E-state index is 13.2. The number of nitrogens with zero attached hydrogens (tertiary/aromatic N) is 2. The Labute approximate surface area is 117 Å². The van der Waals surface area contributed by atoms with E-state index in [0.29, 0.717) is 17.1 Å². The lowest BCUT2D eigenvalue weighted by Gasteiger charge is -2.23. The molecule has 0 amide bonds. The Hall–Kier alpha value is -2.01. The van der Waals surface area contributed by atoms with E-state index in [4.69, 9.17) is 4.74 Å². The summed E-state index contributed by atoms with van der Waals surface area (Å²) in [4.78, 5) is 8.47. The summed E-state index contributed by atoms with van der Waals surface area (Å²) in [6.45, 7) is 1.96. The van der Waals surface area contributed by atoms with Crippen molar-refractivity contribution in [2.45, 2.75) is 18.9 Å². The first kappa shape index (κ1) is 13.0. The van der Waals surface area contributed by atoms with Gasteiger partial charge in [0.1, 0.15) is 11.9 Å². The molecule has 1 aliphatic heterocycles. The van der Waals surface area contributed by atoms with Gasteiger partial charge in [0.25, 0.3) is 0 Å². The fraction of sp³-hybridized carbons (Fsp3) is 0.333. The lowest BCUT2D eigenvalue weighted by molar-refractivity contribution is 0.161. The first-order valence-corrected chi connectivity index (χ1v) is 6.76. The Bertz CT molecular complexity index is 568. The summed E-state index contributed by atoms with van der Waals surface area (Å²) in [7, 11) is 0. The lowest BCUT2D eigenvalue weighted by atomic mass is 10.1. The quantitative estimate of drug-likeness (QED) is 0.933. The summed E-state index contributed by atoms with van der Waals surface area (Å²) in [5.74, 6) is 0.875. The SMILES string of the molecule is Fc1cccc(-c2ncc(OC3CCNCC3)cn2)c1. The van der Waals surface area contributed by atoms with Crippen molar-refractivity contribution < 1.29 is 9.13 Å². The first-order valence-electron chi connectivity index (χ1n) is 6.76. The average molecular weight is 273 g/mol. The van der Waals surface area contributed by atoms with E-state index in [9.17, 15) is 4.39 Å². The highest BCUT2D eigenvalue weighted by Crippen LogP contribution is 2.19. The van der Waals surface area contributed by atoms with Crippen LogP contribution in [0.25, 0.3) is 11.4 Å². The molecule has 0 saturated carbocycles. The lowest BCUT2D eigenvalue weighted by Crippen LogP contribution is -2.34. The van der Waals surface area contributed by atoms with Crippen LogP contribution in [0, 0.1) is 5.82 Å². The van der Waals surface area contributed by atoms with Crippen molar-refractivity contribution in [3.05, 3.63) is 42.5 Å². The summed E-state index contributed by atoms with van der Waals surface area (Å²) in [5, 5.41) is 3.29. The second kappa shape index (κ2) is 5.96. The molecule has 1 fully saturated rings. The third-order valence-electron chi connectivity index (χ3n) is 3.30. The molecule has 1 aromatic carbocycles. The molecule has 0 bridgehead atoms. The predicted molar refractivity (Wildman–Crippen MR) is 73.9 cm³/mol. The van der Waals surface area contributed by atoms with Crippen LogP contribution in [0.5, 0.6) is 5.75 Å². The molecule has 2 aromatic rings. The van der Waals surface area contributed by atoms with Crippen LogP contribution in [0.1, 0.15) is 12.8 Å². The third kappa shape index (κ3) is 3.11. The highest BCUT2D eigenvalue weighted by molar-refractivity contribution is 5.54. The van der Waals surface area contributed by atoms with Crippen molar-refractivity contribution in [2.75, 3.05) is 13.1 Å². The van der Waals surface area contributed by atoms with Crippen LogP contribution in [0.4, 0.5) is 4.39 Å². The Morgan fingerprint density at radius 1 is 1.15 bits per heavy atom. The molecule has 1 saturated heterocycles. The summed E-state index contributed by atoms with van der Waals surface area (Å²) in [6.07, 6.45) is 5.50. The summed E-state index contributed by atoms with van der Waals surface area (Å²) in [6, 6.07) is 6.25. The fourth-order valence-electron chi connectivity index (χ4n) is 2.26. The number of piperidine rings is 1. The summed E-state index contributed by atoms with van der Waals surface area (Å²) < 4.78 is 19.0. The van der Waals surface area contributed by atoms with Crippen LogP contribution in [-0.4, -0.2) is 29.2 Å². The average Bonchev–Trinajstić information content (AvgIpc) is 2.49. The highest BCUT2D eigenvalue weighted by atomic mass is 19.1. The van der Waals surface area contributed by atoms with Gasteiger partial charge in [0.05, 0.1) is 12.4 Å². The number of hydrogen-bond donors (Lipinski definition) is 1. The number of rotatable bonds is 3. The Kier molecular flexibility index (Phi) is 3.87. The zero-order chi connectivity index (χ0) is 13.8. The van der Waals surface area contributed by atoms with Crippen molar-refractivity contribution in [3.63, 3.8) is 0 Å². The highest BCUT2D eigenvalue weighted by Gasteiger charge is 2.14. The molecule has 0 radical (unpaired) electrons. The van der Waals surface area contributed by atoms with Gasteiger partial charge in [0.15, 0.2) is 11.6 Å².